The number of para-hydroxylation sites is 1. The predicted molar refractivity (Wildman–Crippen MR) is 103 cm³/mol. The lowest BCUT2D eigenvalue weighted by Gasteiger charge is -2.26. The molecule has 1 N–H and O–H groups in total. The zero-order valence-electron chi connectivity index (χ0n) is 15.5. The van der Waals surface area contributed by atoms with E-state index in [1.54, 1.807) is 19.1 Å². The average molecular weight is 401 g/mol. The van der Waals surface area contributed by atoms with Crippen molar-refractivity contribution in [3.8, 4) is 0 Å². The van der Waals surface area contributed by atoms with Gasteiger partial charge >= 0.3 is 0 Å². The lowest BCUT2D eigenvalue weighted by molar-refractivity contribution is -0.254. The number of carbonyl (C=O) groups excluding carboxylic acids is 2. The first-order valence-corrected chi connectivity index (χ1v) is 10.5. The third-order valence-electron chi connectivity index (χ3n) is 4.78. The van der Waals surface area contributed by atoms with Crippen LogP contribution in [0.1, 0.15) is 45.5 Å². The number of nitrogens with one attached hydrogen (secondary N) is 1. The van der Waals surface area contributed by atoms with E-state index in [4.69, 9.17) is 0 Å². The van der Waals surface area contributed by atoms with Crippen molar-refractivity contribution >= 4 is 27.6 Å². The Morgan fingerprint density at radius 1 is 1.04 bits per heavy atom. The van der Waals surface area contributed by atoms with Gasteiger partial charge in [-0.1, -0.05) is 30.7 Å². The number of nitrogens with zero attached hydrogens (tertiary/aromatic N) is 1. The molecule has 1 aliphatic rings. The molecule has 8 heteroatoms. The predicted octanol–water partition coefficient (Wildman–Crippen LogP) is 1.79. The molecule has 0 aliphatic carbocycles. The molecule has 0 atom stereocenters. The summed E-state index contributed by atoms with van der Waals surface area (Å²) in [5.41, 5.74) is 0.629. The Labute approximate surface area is 164 Å². The van der Waals surface area contributed by atoms with Crippen LogP contribution in [0.4, 0.5) is 5.69 Å². The van der Waals surface area contributed by atoms with Gasteiger partial charge in [-0.05, 0) is 43.5 Å². The van der Waals surface area contributed by atoms with E-state index in [0.717, 1.165) is 19.3 Å². The van der Waals surface area contributed by atoms with Crippen LogP contribution in [0.25, 0.3) is 0 Å². The second-order valence-corrected chi connectivity index (χ2v) is 8.64. The number of aromatic carboxylic acids is 1. The van der Waals surface area contributed by atoms with Gasteiger partial charge in [0.05, 0.1) is 16.6 Å². The molecule has 1 saturated heterocycles. The molecule has 148 valence electrons. The molecule has 1 heterocycles. The van der Waals surface area contributed by atoms with Crippen LogP contribution in [-0.2, 0) is 10.0 Å². The molecule has 1 amide bonds. The third-order valence-corrected chi connectivity index (χ3v) is 6.82. The Bertz CT molecular complexity index is 1010. The van der Waals surface area contributed by atoms with Crippen LogP contribution in [0.5, 0.6) is 0 Å². The molecule has 0 unspecified atom stereocenters. The molecule has 0 aromatic heterocycles. The van der Waals surface area contributed by atoms with Crippen molar-refractivity contribution in [3.05, 3.63) is 59.2 Å². The third kappa shape index (κ3) is 4.07. The number of rotatable bonds is 5. The van der Waals surface area contributed by atoms with Crippen LogP contribution in [0.2, 0.25) is 0 Å². The van der Waals surface area contributed by atoms with Crippen molar-refractivity contribution < 1.29 is 23.1 Å². The smallest absolute Gasteiger partial charge is 0.255 e. The van der Waals surface area contributed by atoms with Gasteiger partial charge in [0.25, 0.3) is 5.91 Å². The van der Waals surface area contributed by atoms with E-state index in [1.807, 2.05) is 0 Å². The highest BCUT2D eigenvalue weighted by Gasteiger charge is 2.28. The summed E-state index contributed by atoms with van der Waals surface area (Å²) in [6, 6.07) is 10.3. The van der Waals surface area contributed by atoms with Gasteiger partial charge in [-0.25, -0.2) is 8.42 Å². The standard InChI is InChI=1S/C20H22N2O5S/c1-14-9-10-15(13-18(14)28(26,27)22-11-5-2-6-12-22)19(23)21-17-8-4-3-7-16(17)20(24)25/h3-4,7-10,13H,2,5-6,11-12H2,1H3,(H,21,23)(H,24,25)/p-1. The molecule has 0 saturated carbocycles. The summed E-state index contributed by atoms with van der Waals surface area (Å²) in [5.74, 6) is -2.00. The molecule has 2 aromatic rings. The van der Waals surface area contributed by atoms with Crippen LogP contribution in [0, 0.1) is 6.92 Å². The van der Waals surface area contributed by atoms with Crippen molar-refractivity contribution in [2.45, 2.75) is 31.1 Å². The minimum Gasteiger partial charge on any atom is -0.545 e. The number of hydrogen-bond donors (Lipinski definition) is 1. The first kappa shape index (κ1) is 20.0. The first-order chi connectivity index (χ1) is 13.3. The van der Waals surface area contributed by atoms with E-state index < -0.39 is 21.9 Å². The average Bonchev–Trinajstić information content (AvgIpc) is 2.69. The molecule has 0 bridgehead atoms. The number of piperidine rings is 1. The molecule has 1 aliphatic heterocycles. The minimum absolute atomic E-state index is 0.0912. The summed E-state index contributed by atoms with van der Waals surface area (Å²) in [6.07, 6.45) is 2.64. The molecule has 7 nitrogen and oxygen atoms in total. The maximum Gasteiger partial charge on any atom is 0.255 e. The van der Waals surface area contributed by atoms with Gasteiger partial charge in [0.15, 0.2) is 0 Å². The fourth-order valence-electron chi connectivity index (χ4n) is 3.23. The number of hydrogen-bond acceptors (Lipinski definition) is 5. The van der Waals surface area contributed by atoms with E-state index in [2.05, 4.69) is 5.32 Å². The Morgan fingerprint density at radius 3 is 2.39 bits per heavy atom. The number of carboxylic acid groups (broad SMARTS) is 1. The maximum absolute atomic E-state index is 13.0. The van der Waals surface area contributed by atoms with Crippen molar-refractivity contribution in [2.24, 2.45) is 0 Å². The van der Waals surface area contributed by atoms with Crippen molar-refractivity contribution in [1.82, 2.24) is 4.31 Å². The minimum atomic E-state index is -3.69. The Kier molecular flexibility index (Phi) is 5.81. The van der Waals surface area contributed by atoms with Gasteiger partial charge in [-0.15, -0.1) is 0 Å². The van der Waals surface area contributed by atoms with Crippen molar-refractivity contribution in [2.75, 3.05) is 18.4 Å². The van der Waals surface area contributed by atoms with E-state index in [0.29, 0.717) is 18.7 Å². The zero-order valence-corrected chi connectivity index (χ0v) is 16.3. The monoisotopic (exact) mass is 401 g/mol. The molecule has 28 heavy (non-hydrogen) atoms. The highest BCUT2D eigenvalue weighted by atomic mass is 32.2. The van der Waals surface area contributed by atoms with Gasteiger partial charge < -0.3 is 15.2 Å². The molecule has 0 radical (unpaired) electrons. The van der Waals surface area contributed by atoms with E-state index in [-0.39, 0.29) is 21.7 Å². The molecule has 2 aromatic carbocycles. The Balaban J connectivity index is 1.91. The number of aryl methyl sites for hydroxylation is 1. The van der Waals surface area contributed by atoms with Gasteiger partial charge in [-0.2, -0.15) is 4.31 Å². The lowest BCUT2D eigenvalue weighted by atomic mass is 10.1. The topological polar surface area (TPSA) is 107 Å². The van der Waals surface area contributed by atoms with Crippen LogP contribution in [0.3, 0.4) is 0 Å². The number of anilines is 1. The normalized spacial score (nSPS) is 15.2. The second kappa shape index (κ2) is 8.12. The number of carbonyl (C=O) groups is 2. The zero-order chi connectivity index (χ0) is 20.3. The highest BCUT2D eigenvalue weighted by Crippen LogP contribution is 2.25. The fourth-order valence-corrected chi connectivity index (χ4v) is 5.00. The van der Waals surface area contributed by atoms with Gasteiger partial charge in [0, 0.05) is 24.2 Å². The summed E-state index contributed by atoms with van der Waals surface area (Å²) in [7, 11) is -3.69. The van der Waals surface area contributed by atoms with Gasteiger partial charge in [-0.3, -0.25) is 4.79 Å². The number of amides is 1. The van der Waals surface area contributed by atoms with Crippen LogP contribution < -0.4 is 10.4 Å². The number of carboxylic acids is 1. The van der Waals surface area contributed by atoms with Gasteiger partial charge in [0.2, 0.25) is 10.0 Å². The van der Waals surface area contributed by atoms with E-state index in [1.165, 1.54) is 34.6 Å². The molecule has 0 spiro atoms. The largest absolute Gasteiger partial charge is 0.545 e. The highest BCUT2D eigenvalue weighted by molar-refractivity contribution is 7.89. The lowest BCUT2D eigenvalue weighted by Crippen LogP contribution is -2.36. The maximum atomic E-state index is 13.0. The molecule has 3 rings (SSSR count). The SMILES string of the molecule is Cc1ccc(C(=O)Nc2ccccc2C(=O)[O-])cc1S(=O)(=O)N1CCCCC1. The van der Waals surface area contributed by atoms with Crippen LogP contribution in [-0.4, -0.2) is 37.7 Å². The van der Waals surface area contributed by atoms with Crippen molar-refractivity contribution in [3.63, 3.8) is 0 Å². The Morgan fingerprint density at radius 2 is 1.71 bits per heavy atom. The van der Waals surface area contributed by atoms with Crippen LogP contribution >= 0.6 is 0 Å². The molecular formula is C20H21N2O5S-. The summed E-state index contributed by atoms with van der Waals surface area (Å²) in [4.78, 5) is 23.9. The number of sulfonamides is 1. The molecule has 1 fully saturated rings. The van der Waals surface area contributed by atoms with Crippen molar-refractivity contribution in [1.29, 1.82) is 0 Å². The summed E-state index contributed by atoms with van der Waals surface area (Å²) in [5, 5.41) is 13.7. The molecular weight excluding hydrogens is 380 g/mol. The van der Waals surface area contributed by atoms with E-state index >= 15 is 0 Å². The number of benzene rings is 2. The second-order valence-electron chi connectivity index (χ2n) is 6.73. The van der Waals surface area contributed by atoms with Gasteiger partial charge in [0.1, 0.15) is 0 Å². The van der Waals surface area contributed by atoms with Crippen LogP contribution in [0.15, 0.2) is 47.4 Å². The summed E-state index contributed by atoms with van der Waals surface area (Å²) < 4.78 is 27.4. The Hall–Kier alpha value is -2.71. The van der Waals surface area contributed by atoms with E-state index in [9.17, 15) is 23.1 Å². The fraction of sp³-hybridized carbons (Fsp3) is 0.300. The summed E-state index contributed by atoms with van der Waals surface area (Å²) >= 11 is 0. The quantitative estimate of drug-likeness (QED) is 0.822. The first-order valence-electron chi connectivity index (χ1n) is 9.03. The summed E-state index contributed by atoms with van der Waals surface area (Å²) in [6.45, 7) is 2.62.